The normalized spacial score (nSPS) is 11.8. The standard InChI is InChI=1S/C25H34N3.ClH/c1-17(2)21-10-9-11-22(18(3)4)24(21)28-16-23(27(8)26-28)19-12-14-20(15-13-19)25(5,6)7;/h9-18H,1-8H3;1H/q+1;/p-1. The van der Waals surface area contributed by atoms with Crippen LogP contribution in [0, 0.1) is 0 Å². The summed E-state index contributed by atoms with van der Waals surface area (Å²) in [5.41, 5.74) is 7.71. The van der Waals surface area contributed by atoms with Gasteiger partial charge in [-0.15, -0.1) is 9.36 Å². The molecular formula is C25H34ClN3. The Kier molecular flexibility index (Phi) is 6.95. The van der Waals surface area contributed by atoms with E-state index in [1.54, 1.807) is 0 Å². The Hall–Kier alpha value is -2.13. The second-order valence-corrected chi connectivity index (χ2v) is 9.39. The fourth-order valence-corrected chi connectivity index (χ4v) is 3.71. The minimum absolute atomic E-state index is 0. The first-order valence-electron chi connectivity index (χ1n) is 10.3. The fraction of sp³-hybridized carbons (Fsp3) is 0.440. The molecule has 2 aromatic carbocycles. The van der Waals surface area contributed by atoms with Crippen molar-refractivity contribution < 1.29 is 17.1 Å². The Bertz CT molecular complexity index is 934. The predicted octanol–water partition coefficient (Wildman–Crippen LogP) is 2.91. The topological polar surface area (TPSA) is 21.7 Å². The third-order valence-electron chi connectivity index (χ3n) is 5.44. The molecule has 0 radical (unpaired) electrons. The molecule has 1 heterocycles. The van der Waals surface area contributed by atoms with Gasteiger partial charge in [0.05, 0.1) is 5.21 Å². The number of para-hydroxylation sites is 1. The molecule has 0 bridgehead atoms. The Morgan fingerprint density at radius 2 is 1.38 bits per heavy atom. The zero-order valence-corrected chi connectivity index (χ0v) is 19.7. The molecule has 29 heavy (non-hydrogen) atoms. The maximum atomic E-state index is 4.85. The first kappa shape index (κ1) is 23.2. The van der Waals surface area contributed by atoms with E-state index in [0.717, 1.165) is 5.69 Å². The number of aromatic nitrogens is 3. The van der Waals surface area contributed by atoms with Gasteiger partial charge in [0.25, 0.3) is 0 Å². The van der Waals surface area contributed by atoms with Crippen molar-refractivity contribution in [2.75, 3.05) is 0 Å². The molecule has 0 N–H and O–H groups in total. The summed E-state index contributed by atoms with van der Waals surface area (Å²) in [5.74, 6) is 0.885. The molecule has 3 rings (SSSR count). The van der Waals surface area contributed by atoms with E-state index in [0.29, 0.717) is 11.8 Å². The van der Waals surface area contributed by atoms with Crippen LogP contribution in [0.4, 0.5) is 0 Å². The fourth-order valence-electron chi connectivity index (χ4n) is 3.71. The lowest BCUT2D eigenvalue weighted by Crippen LogP contribution is -3.00. The molecule has 0 aliphatic heterocycles. The highest BCUT2D eigenvalue weighted by Crippen LogP contribution is 2.31. The van der Waals surface area contributed by atoms with Crippen molar-refractivity contribution in [2.24, 2.45) is 7.05 Å². The molecule has 0 fully saturated rings. The third kappa shape index (κ3) is 4.72. The number of nitrogens with zero attached hydrogens (tertiary/aromatic N) is 3. The van der Waals surface area contributed by atoms with E-state index >= 15 is 0 Å². The maximum absolute atomic E-state index is 4.85. The van der Waals surface area contributed by atoms with Crippen LogP contribution in [0.15, 0.2) is 48.7 Å². The van der Waals surface area contributed by atoms with Gasteiger partial charge in [-0.05, 0) is 22.8 Å². The highest BCUT2D eigenvalue weighted by atomic mass is 35.5. The monoisotopic (exact) mass is 411 g/mol. The summed E-state index contributed by atoms with van der Waals surface area (Å²) >= 11 is 0. The molecule has 4 heteroatoms. The van der Waals surface area contributed by atoms with Crippen LogP contribution < -0.4 is 17.1 Å². The highest BCUT2D eigenvalue weighted by molar-refractivity contribution is 5.58. The smallest absolute Gasteiger partial charge is 0.197 e. The molecular weight excluding hydrogens is 378 g/mol. The number of hydrogen-bond acceptors (Lipinski definition) is 1. The van der Waals surface area contributed by atoms with Gasteiger partial charge in [-0.2, -0.15) is 0 Å². The van der Waals surface area contributed by atoms with Gasteiger partial charge in [0.15, 0.2) is 17.6 Å². The van der Waals surface area contributed by atoms with Crippen molar-refractivity contribution in [3.05, 3.63) is 65.4 Å². The SMILES string of the molecule is CC(C)c1cccc(C(C)C)c1-n1cc(-c2ccc(C(C)(C)C)cc2)[n+](C)n1.[Cl-]. The lowest BCUT2D eigenvalue weighted by molar-refractivity contribution is -0.721. The summed E-state index contributed by atoms with van der Waals surface area (Å²) in [6.07, 6.45) is 2.17. The number of halogens is 1. The van der Waals surface area contributed by atoms with Crippen molar-refractivity contribution in [1.82, 2.24) is 9.90 Å². The Morgan fingerprint density at radius 3 is 1.83 bits per heavy atom. The number of rotatable bonds is 4. The molecule has 0 amide bonds. The Labute approximate surface area is 182 Å². The largest absolute Gasteiger partial charge is 1.00 e. The van der Waals surface area contributed by atoms with E-state index in [9.17, 15) is 0 Å². The van der Waals surface area contributed by atoms with Crippen LogP contribution in [0.25, 0.3) is 16.9 Å². The number of aryl methyl sites for hydroxylation is 1. The zero-order chi connectivity index (χ0) is 20.6. The first-order chi connectivity index (χ1) is 13.1. The summed E-state index contributed by atoms with van der Waals surface area (Å²) in [4.78, 5) is 0. The second-order valence-electron chi connectivity index (χ2n) is 9.39. The van der Waals surface area contributed by atoms with E-state index in [2.05, 4.69) is 102 Å². The van der Waals surface area contributed by atoms with Gasteiger partial charge >= 0.3 is 0 Å². The average molecular weight is 412 g/mol. The maximum Gasteiger partial charge on any atom is 0.197 e. The van der Waals surface area contributed by atoms with E-state index in [1.165, 1.54) is 27.9 Å². The van der Waals surface area contributed by atoms with Crippen LogP contribution in [0.5, 0.6) is 0 Å². The minimum Gasteiger partial charge on any atom is -1.00 e. The van der Waals surface area contributed by atoms with E-state index in [-0.39, 0.29) is 17.8 Å². The van der Waals surface area contributed by atoms with Gasteiger partial charge in [0, 0.05) is 16.7 Å². The molecule has 0 aliphatic rings. The van der Waals surface area contributed by atoms with Gasteiger partial charge < -0.3 is 12.4 Å². The number of hydrogen-bond donors (Lipinski definition) is 0. The van der Waals surface area contributed by atoms with Crippen molar-refractivity contribution in [3.63, 3.8) is 0 Å². The lowest BCUT2D eigenvalue weighted by Gasteiger charge is -2.18. The van der Waals surface area contributed by atoms with Crippen LogP contribution in [-0.4, -0.2) is 9.90 Å². The summed E-state index contributed by atoms with van der Waals surface area (Å²) in [5, 5.41) is 4.85. The number of benzene rings is 2. The lowest BCUT2D eigenvalue weighted by atomic mass is 9.86. The molecule has 156 valence electrons. The van der Waals surface area contributed by atoms with Gasteiger partial charge in [-0.1, -0.05) is 90.9 Å². The average Bonchev–Trinajstić information content (AvgIpc) is 3.01. The molecule has 0 saturated heterocycles. The van der Waals surface area contributed by atoms with E-state index < -0.39 is 0 Å². The first-order valence-corrected chi connectivity index (χ1v) is 10.3. The van der Waals surface area contributed by atoms with E-state index in [4.69, 9.17) is 5.21 Å². The minimum atomic E-state index is 0. The molecule has 0 atom stereocenters. The van der Waals surface area contributed by atoms with E-state index in [1.807, 2.05) is 11.7 Å². The summed E-state index contributed by atoms with van der Waals surface area (Å²) in [7, 11) is 2.02. The second kappa shape index (κ2) is 8.71. The van der Waals surface area contributed by atoms with Crippen molar-refractivity contribution >= 4 is 0 Å². The molecule has 0 aliphatic carbocycles. The van der Waals surface area contributed by atoms with Gasteiger partial charge in [0.1, 0.15) is 7.05 Å². The zero-order valence-electron chi connectivity index (χ0n) is 19.0. The predicted molar refractivity (Wildman–Crippen MR) is 117 cm³/mol. The van der Waals surface area contributed by atoms with Crippen LogP contribution in [0.1, 0.15) is 77.0 Å². The third-order valence-corrected chi connectivity index (χ3v) is 5.44. The van der Waals surface area contributed by atoms with Gasteiger partial charge in [0.2, 0.25) is 0 Å². The van der Waals surface area contributed by atoms with Crippen molar-refractivity contribution in [1.29, 1.82) is 0 Å². The van der Waals surface area contributed by atoms with Crippen LogP contribution in [0.2, 0.25) is 0 Å². The molecule has 0 spiro atoms. The van der Waals surface area contributed by atoms with Gasteiger partial charge in [-0.25, -0.2) is 0 Å². The summed E-state index contributed by atoms with van der Waals surface area (Å²) < 4.78 is 4.05. The molecule has 3 nitrogen and oxygen atoms in total. The molecule has 0 unspecified atom stereocenters. The van der Waals surface area contributed by atoms with Crippen molar-refractivity contribution in [2.45, 2.75) is 65.7 Å². The highest BCUT2D eigenvalue weighted by Gasteiger charge is 2.24. The summed E-state index contributed by atoms with van der Waals surface area (Å²) in [6, 6.07) is 15.5. The molecule has 1 aromatic heterocycles. The van der Waals surface area contributed by atoms with Crippen LogP contribution in [0.3, 0.4) is 0 Å². The molecule has 0 saturated carbocycles. The van der Waals surface area contributed by atoms with Crippen molar-refractivity contribution in [3.8, 4) is 16.9 Å². The Morgan fingerprint density at radius 1 is 0.862 bits per heavy atom. The van der Waals surface area contributed by atoms with Crippen LogP contribution in [-0.2, 0) is 12.5 Å². The molecule has 3 aromatic rings. The quantitative estimate of drug-likeness (QED) is 0.605. The summed E-state index contributed by atoms with van der Waals surface area (Å²) in [6.45, 7) is 15.7. The Balaban J connectivity index is 0.00000300. The van der Waals surface area contributed by atoms with Gasteiger partial charge in [-0.3, -0.25) is 0 Å². The van der Waals surface area contributed by atoms with Crippen LogP contribution >= 0.6 is 0 Å².